The molecule has 3 heterocycles. The van der Waals surface area contributed by atoms with Crippen LogP contribution in [0, 0.1) is 20.8 Å². The zero-order valence-electron chi connectivity index (χ0n) is 36.0. The summed E-state index contributed by atoms with van der Waals surface area (Å²) in [6, 6.07) is 49.7. The van der Waals surface area contributed by atoms with Crippen molar-refractivity contribution in [2.24, 2.45) is 0 Å². The molecule has 0 radical (unpaired) electrons. The van der Waals surface area contributed by atoms with Gasteiger partial charge in [0.15, 0.2) is 0 Å². The number of aromatic hydroxyl groups is 1. The number of nitrogens with zero attached hydrogens (tertiary/aromatic N) is 3. The van der Waals surface area contributed by atoms with E-state index in [0.717, 1.165) is 88.5 Å². The fraction of sp³-hybridized carbons (Fsp3) is 0.200. The summed E-state index contributed by atoms with van der Waals surface area (Å²) in [5, 5.41) is 12.8. The zero-order valence-corrected chi connectivity index (χ0v) is 36.8. The second-order valence-corrected chi connectivity index (χ2v) is 19.3. The third-order valence-corrected chi connectivity index (χ3v) is 13.0. The highest BCUT2D eigenvalue weighted by Gasteiger charge is 2.27. The van der Waals surface area contributed by atoms with Crippen LogP contribution in [0.4, 0.5) is 0 Å². The summed E-state index contributed by atoms with van der Waals surface area (Å²) >= 11 is 1.78. The Kier molecular flexibility index (Phi) is 9.64. The molecule has 0 spiro atoms. The van der Waals surface area contributed by atoms with Crippen LogP contribution in [0.2, 0.25) is 0 Å². The minimum Gasteiger partial charge on any atom is -0.507 e. The van der Waals surface area contributed by atoms with Gasteiger partial charge >= 0.3 is 0 Å². The topological polar surface area (TPSA) is 50.9 Å². The Labute approximate surface area is 357 Å². The molecule has 0 amide bonds. The van der Waals surface area contributed by atoms with Crippen molar-refractivity contribution >= 4 is 32.5 Å². The number of fused-ring (bicyclic) bond motifs is 2. The van der Waals surface area contributed by atoms with Gasteiger partial charge < -0.3 is 5.11 Å². The molecule has 1 N–H and O–H groups in total. The van der Waals surface area contributed by atoms with Gasteiger partial charge in [0.25, 0.3) is 0 Å². The third kappa shape index (κ3) is 6.91. The molecular formula is C55H51N3OS. The molecule has 0 saturated carbocycles. The number of aromatic nitrogens is 3. The lowest BCUT2D eigenvalue weighted by Crippen LogP contribution is -2.17. The van der Waals surface area contributed by atoms with Gasteiger partial charge in [-0.1, -0.05) is 145 Å². The lowest BCUT2D eigenvalue weighted by molar-refractivity contribution is 0.473. The molecule has 0 aliphatic rings. The Bertz CT molecular complexity index is 3050. The van der Waals surface area contributed by atoms with Crippen LogP contribution < -0.4 is 0 Å². The van der Waals surface area contributed by atoms with Gasteiger partial charge in [-0.05, 0) is 107 Å². The molecule has 4 nitrogen and oxygen atoms in total. The van der Waals surface area contributed by atoms with Crippen LogP contribution in [0.15, 0.2) is 140 Å². The van der Waals surface area contributed by atoms with Crippen molar-refractivity contribution in [3.8, 4) is 66.9 Å². The van der Waals surface area contributed by atoms with Crippen LogP contribution in [0.5, 0.6) is 5.75 Å². The molecule has 9 aromatic rings. The molecular weight excluding hydrogens is 751 g/mol. The molecule has 6 aromatic carbocycles. The fourth-order valence-electron chi connectivity index (χ4n) is 8.50. The number of thiophene rings is 1. The Hall–Kier alpha value is -6.30. The number of hydrogen-bond donors (Lipinski definition) is 1. The van der Waals surface area contributed by atoms with Crippen LogP contribution in [-0.2, 0) is 10.8 Å². The van der Waals surface area contributed by atoms with E-state index in [4.69, 9.17) is 9.97 Å². The first-order chi connectivity index (χ1) is 28.7. The predicted octanol–water partition coefficient (Wildman–Crippen LogP) is 15.2. The molecule has 9 rings (SSSR count). The summed E-state index contributed by atoms with van der Waals surface area (Å²) in [5.74, 6) is 1.14. The molecule has 0 atom stereocenters. The van der Waals surface area contributed by atoms with E-state index in [1.807, 2.05) is 13.0 Å². The summed E-state index contributed by atoms with van der Waals surface area (Å²) in [6.07, 6.45) is 0. The Morgan fingerprint density at radius 3 is 1.85 bits per heavy atom. The summed E-state index contributed by atoms with van der Waals surface area (Å²) in [6.45, 7) is 19.9. The molecule has 0 saturated heterocycles. The van der Waals surface area contributed by atoms with Gasteiger partial charge in [-0.25, -0.2) is 9.97 Å². The van der Waals surface area contributed by atoms with E-state index >= 15 is 0 Å². The molecule has 0 bridgehead atoms. The summed E-state index contributed by atoms with van der Waals surface area (Å²) < 4.78 is 3.47. The number of para-hydroxylation sites is 2. The molecule has 3 aromatic heterocycles. The zero-order chi connectivity index (χ0) is 42.1. The summed E-state index contributed by atoms with van der Waals surface area (Å²) in [4.78, 5) is 12.4. The number of hydrogen-bond acceptors (Lipinski definition) is 4. The van der Waals surface area contributed by atoms with Crippen molar-refractivity contribution in [2.45, 2.75) is 73.1 Å². The molecule has 0 aliphatic carbocycles. The number of phenolic OH excluding ortho intramolecular Hbond substituents is 1. The normalized spacial score (nSPS) is 12.2. The van der Waals surface area contributed by atoms with Crippen molar-refractivity contribution in [2.75, 3.05) is 0 Å². The Balaban J connectivity index is 1.38. The lowest BCUT2D eigenvalue weighted by Gasteiger charge is -2.26. The number of benzene rings is 6. The number of imidazole rings is 1. The Morgan fingerprint density at radius 1 is 0.567 bits per heavy atom. The second kappa shape index (κ2) is 14.8. The number of phenols is 1. The second-order valence-electron chi connectivity index (χ2n) is 18.3. The number of aryl methyl sites for hydroxylation is 3. The molecule has 60 heavy (non-hydrogen) atoms. The molecule has 5 heteroatoms. The van der Waals surface area contributed by atoms with E-state index in [1.165, 1.54) is 21.6 Å². The standard InChI is InChI=1S/C55H51N3OS/c1-33-27-34(2)51(59)43(28-33)50-48-35(3)52(37-21-14-11-15-22-37)60-47(48)32-44(56-50)42-24-18-26-46-49(42)57-53(38-29-39(54(4,5)6)31-40(30-38)55(7,8)9)58(46)45-25-17-16-23-41(45)36-19-12-10-13-20-36/h10-32,59H,1-9H3. The smallest absolute Gasteiger partial charge is 0.145 e. The predicted molar refractivity (Wildman–Crippen MR) is 255 cm³/mol. The quantitative estimate of drug-likeness (QED) is 0.182. The average molecular weight is 802 g/mol. The van der Waals surface area contributed by atoms with Crippen LogP contribution in [0.1, 0.15) is 69.4 Å². The molecule has 0 fully saturated rings. The highest BCUT2D eigenvalue weighted by atomic mass is 32.1. The van der Waals surface area contributed by atoms with Gasteiger partial charge in [0.2, 0.25) is 0 Å². The van der Waals surface area contributed by atoms with E-state index in [-0.39, 0.29) is 16.6 Å². The molecule has 0 aliphatic heterocycles. The van der Waals surface area contributed by atoms with Gasteiger partial charge in [0.1, 0.15) is 11.6 Å². The van der Waals surface area contributed by atoms with Gasteiger partial charge in [0.05, 0.1) is 28.1 Å². The first kappa shape index (κ1) is 39.2. The third-order valence-electron chi connectivity index (χ3n) is 11.8. The van der Waals surface area contributed by atoms with Crippen molar-refractivity contribution < 1.29 is 5.11 Å². The van der Waals surface area contributed by atoms with Crippen molar-refractivity contribution in [1.82, 2.24) is 14.5 Å². The van der Waals surface area contributed by atoms with Crippen LogP contribution in [0.3, 0.4) is 0 Å². The monoisotopic (exact) mass is 801 g/mol. The minimum atomic E-state index is -0.0765. The van der Waals surface area contributed by atoms with Gasteiger partial charge in [-0.2, -0.15) is 0 Å². The maximum Gasteiger partial charge on any atom is 0.145 e. The SMILES string of the molecule is Cc1cc(C)c(O)c(-c2nc(-c3cccc4c3nc(-c3cc(C(C)(C)C)cc(C(C)(C)C)c3)n4-c3ccccc3-c3ccccc3)cc3sc(-c4ccccc4)c(C)c23)c1. The maximum atomic E-state index is 11.7. The van der Waals surface area contributed by atoms with Crippen LogP contribution in [-0.4, -0.2) is 19.6 Å². The first-order valence-corrected chi connectivity index (χ1v) is 21.6. The highest BCUT2D eigenvalue weighted by molar-refractivity contribution is 7.22. The van der Waals surface area contributed by atoms with Crippen molar-refractivity contribution in [1.29, 1.82) is 0 Å². The van der Waals surface area contributed by atoms with E-state index < -0.39 is 0 Å². The van der Waals surface area contributed by atoms with Gasteiger partial charge in [-0.3, -0.25) is 4.57 Å². The van der Waals surface area contributed by atoms with Crippen molar-refractivity contribution in [3.63, 3.8) is 0 Å². The van der Waals surface area contributed by atoms with E-state index in [0.29, 0.717) is 0 Å². The molecule has 298 valence electrons. The number of rotatable bonds is 6. The van der Waals surface area contributed by atoms with Crippen LogP contribution in [0.25, 0.3) is 82.3 Å². The van der Waals surface area contributed by atoms with Crippen LogP contribution >= 0.6 is 11.3 Å². The van der Waals surface area contributed by atoms with Gasteiger partial charge in [0, 0.05) is 37.2 Å². The summed E-state index contributed by atoms with van der Waals surface area (Å²) in [7, 11) is 0. The fourth-order valence-corrected chi connectivity index (χ4v) is 9.75. The highest BCUT2D eigenvalue weighted by Crippen LogP contribution is 2.47. The lowest BCUT2D eigenvalue weighted by atomic mass is 9.79. The van der Waals surface area contributed by atoms with E-state index in [9.17, 15) is 5.11 Å². The van der Waals surface area contributed by atoms with E-state index in [2.05, 4.69) is 193 Å². The average Bonchev–Trinajstić information content (AvgIpc) is 3.79. The first-order valence-electron chi connectivity index (χ1n) is 20.8. The maximum absolute atomic E-state index is 11.7. The Morgan fingerprint density at radius 2 is 1.18 bits per heavy atom. The number of pyridine rings is 1. The van der Waals surface area contributed by atoms with E-state index in [1.54, 1.807) is 11.3 Å². The molecule has 0 unspecified atom stereocenters. The van der Waals surface area contributed by atoms with Crippen molar-refractivity contribution in [3.05, 3.63) is 167 Å². The van der Waals surface area contributed by atoms with Gasteiger partial charge in [-0.15, -0.1) is 11.3 Å². The summed E-state index contributed by atoms with van der Waals surface area (Å²) in [5.41, 5.74) is 16.2. The largest absolute Gasteiger partial charge is 0.507 e. The minimum absolute atomic E-state index is 0.0765.